The van der Waals surface area contributed by atoms with Crippen LogP contribution in [0.2, 0.25) is 18.1 Å². The van der Waals surface area contributed by atoms with Gasteiger partial charge in [0.25, 0.3) is 8.32 Å². The van der Waals surface area contributed by atoms with E-state index in [0.29, 0.717) is 12.0 Å². The maximum Gasteiger partial charge on any atom is 0.328 e. The number of aliphatic carboxylic acids is 1. The molecule has 0 bridgehead atoms. The third-order valence-electron chi connectivity index (χ3n) is 10.2. The molecule has 0 unspecified atom stereocenters. The normalized spacial score (nSPS) is 12.1. The molecule has 0 aromatic heterocycles. The first-order valence-corrected chi connectivity index (χ1v) is 23.6. The van der Waals surface area contributed by atoms with E-state index in [1.165, 1.54) is 173 Å². The number of carboxylic acid groups (broad SMARTS) is 1. The van der Waals surface area contributed by atoms with Gasteiger partial charge in [-0.1, -0.05) is 220 Å². The van der Waals surface area contributed by atoms with Crippen LogP contribution in [0.15, 0.2) is 11.6 Å². The van der Waals surface area contributed by atoms with Crippen molar-refractivity contribution in [1.82, 2.24) is 0 Å². The highest BCUT2D eigenvalue weighted by atomic mass is 28.4. The van der Waals surface area contributed by atoms with Crippen LogP contribution in [-0.4, -0.2) is 25.4 Å². The van der Waals surface area contributed by atoms with Gasteiger partial charge in [0, 0.05) is 11.6 Å². The van der Waals surface area contributed by atoms with Gasteiger partial charge in [0.2, 0.25) is 0 Å². The van der Waals surface area contributed by atoms with E-state index < -0.39 is 14.3 Å². The molecule has 0 aliphatic heterocycles. The van der Waals surface area contributed by atoms with Crippen LogP contribution in [0, 0.1) is 0 Å². The largest absolute Gasteiger partial charge is 0.516 e. The highest BCUT2D eigenvalue weighted by Gasteiger charge is 2.37. The molecule has 0 spiro atoms. The minimum absolute atomic E-state index is 0.323. The number of carboxylic acids is 1. The number of hydrogen-bond acceptors (Lipinski definition) is 3. The van der Waals surface area contributed by atoms with E-state index in [2.05, 4.69) is 20.8 Å². The first-order chi connectivity index (χ1) is 22.9. The third kappa shape index (κ3) is 29.5. The lowest BCUT2D eigenvalue weighted by molar-refractivity contribution is -0.134. The molecule has 4 nitrogen and oxygen atoms in total. The average Bonchev–Trinajstić information content (AvgIpc) is 3.06. The van der Waals surface area contributed by atoms with Crippen molar-refractivity contribution in [3.8, 4) is 0 Å². The molecule has 5 heteroatoms. The van der Waals surface area contributed by atoms with Crippen LogP contribution in [0.1, 0.15) is 227 Å². The second kappa shape index (κ2) is 34.7. The van der Waals surface area contributed by atoms with Gasteiger partial charge in [0.1, 0.15) is 0 Å². The SMILES string of the molecule is CCCCCCCCCCCC[Si](CCCCCCCCCCCC)(CCCCCCCCCCCC)OC(=O)C(=CC(=O)O)CC. The van der Waals surface area contributed by atoms with Crippen LogP contribution >= 0.6 is 0 Å². The van der Waals surface area contributed by atoms with E-state index in [0.717, 1.165) is 43.5 Å². The molecule has 0 radical (unpaired) electrons. The van der Waals surface area contributed by atoms with Crippen LogP contribution in [0.5, 0.6) is 0 Å². The van der Waals surface area contributed by atoms with Gasteiger partial charge in [-0.2, -0.15) is 0 Å². The molecule has 0 aromatic carbocycles. The van der Waals surface area contributed by atoms with Gasteiger partial charge in [-0.15, -0.1) is 0 Å². The summed E-state index contributed by atoms with van der Waals surface area (Å²) in [6, 6.07) is 3.15. The topological polar surface area (TPSA) is 63.6 Å². The smallest absolute Gasteiger partial charge is 0.328 e. The van der Waals surface area contributed by atoms with E-state index in [4.69, 9.17) is 4.43 Å². The van der Waals surface area contributed by atoms with Gasteiger partial charge >= 0.3 is 11.9 Å². The van der Waals surface area contributed by atoms with E-state index in [-0.39, 0.29) is 5.97 Å². The molecule has 0 heterocycles. The molecular weight excluding hydrogens is 597 g/mol. The Morgan fingerprint density at radius 3 is 0.936 bits per heavy atom. The van der Waals surface area contributed by atoms with E-state index in [9.17, 15) is 14.7 Å². The van der Waals surface area contributed by atoms with Crippen LogP contribution < -0.4 is 0 Å². The zero-order valence-electron chi connectivity index (χ0n) is 32.3. The summed E-state index contributed by atoms with van der Waals surface area (Å²) < 4.78 is 6.61. The predicted molar refractivity (Wildman–Crippen MR) is 208 cm³/mol. The molecule has 0 rings (SSSR count). The third-order valence-corrected chi connectivity index (χ3v) is 14.6. The Bertz CT molecular complexity index is 674. The summed E-state index contributed by atoms with van der Waals surface area (Å²) in [6.07, 6.45) is 40.8. The summed E-state index contributed by atoms with van der Waals surface area (Å²) >= 11 is 0. The zero-order chi connectivity index (χ0) is 34.7. The second-order valence-corrected chi connectivity index (χ2v) is 18.8. The number of carbonyl (C=O) groups excluding carboxylic acids is 1. The van der Waals surface area contributed by atoms with Crippen molar-refractivity contribution < 1.29 is 19.1 Å². The van der Waals surface area contributed by atoms with Crippen molar-refractivity contribution in [2.24, 2.45) is 0 Å². The fourth-order valence-corrected chi connectivity index (χ4v) is 11.3. The maximum atomic E-state index is 13.5. The first-order valence-electron chi connectivity index (χ1n) is 21.1. The van der Waals surface area contributed by atoms with Crippen molar-refractivity contribution in [3.63, 3.8) is 0 Å². The molecular formula is C42H82O4Si. The van der Waals surface area contributed by atoms with Gasteiger partial charge in [-0.05, 0) is 24.6 Å². The molecule has 0 aliphatic carbocycles. The quantitative estimate of drug-likeness (QED) is 0.0403. The lowest BCUT2D eigenvalue weighted by atomic mass is 10.1. The zero-order valence-corrected chi connectivity index (χ0v) is 33.3. The Morgan fingerprint density at radius 1 is 0.447 bits per heavy atom. The molecule has 278 valence electrons. The maximum absolute atomic E-state index is 13.5. The van der Waals surface area contributed by atoms with Gasteiger partial charge in [0.15, 0.2) is 0 Å². The minimum atomic E-state index is -2.34. The summed E-state index contributed by atoms with van der Waals surface area (Å²) in [5, 5.41) is 9.40. The highest BCUT2D eigenvalue weighted by molar-refractivity contribution is 6.75. The number of hydrogen-bond donors (Lipinski definition) is 1. The van der Waals surface area contributed by atoms with Crippen molar-refractivity contribution in [3.05, 3.63) is 11.6 Å². The molecule has 0 amide bonds. The lowest BCUT2D eigenvalue weighted by Crippen LogP contribution is -2.41. The second-order valence-electron chi connectivity index (χ2n) is 14.7. The fraction of sp³-hybridized carbons (Fsp3) is 0.905. The minimum Gasteiger partial charge on any atom is -0.516 e. The van der Waals surface area contributed by atoms with Gasteiger partial charge in [0.05, 0.1) is 0 Å². The van der Waals surface area contributed by atoms with Crippen molar-refractivity contribution in [1.29, 1.82) is 0 Å². The predicted octanol–water partition coefficient (Wildman–Crippen LogP) is 14.7. The van der Waals surface area contributed by atoms with Crippen LogP contribution in [0.3, 0.4) is 0 Å². The molecule has 0 atom stereocenters. The van der Waals surface area contributed by atoms with Crippen molar-refractivity contribution >= 4 is 20.3 Å². The van der Waals surface area contributed by atoms with Crippen LogP contribution in [-0.2, 0) is 14.0 Å². The van der Waals surface area contributed by atoms with Gasteiger partial charge in [-0.25, -0.2) is 9.59 Å². The monoisotopic (exact) mass is 679 g/mol. The van der Waals surface area contributed by atoms with Gasteiger partial charge < -0.3 is 9.53 Å². The molecule has 0 aliphatic rings. The van der Waals surface area contributed by atoms with Crippen molar-refractivity contribution in [2.75, 3.05) is 0 Å². The standard InChI is InChI=1S/C42H82O4Si/c1-5-9-12-15-18-21-24-27-30-33-36-47(46-42(45)40(8-4)39-41(43)44,37-34-31-28-25-22-19-16-13-10-6-2)38-35-32-29-26-23-20-17-14-11-7-3/h39H,5-38H2,1-4H3,(H,43,44). The average molecular weight is 679 g/mol. The summed E-state index contributed by atoms with van der Waals surface area (Å²) in [5.74, 6) is -1.39. The fourth-order valence-electron chi connectivity index (χ4n) is 7.05. The molecule has 0 fully saturated rings. The lowest BCUT2D eigenvalue weighted by Gasteiger charge is -2.32. The van der Waals surface area contributed by atoms with E-state index >= 15 is 0 Å². The molecule has 0 aromatic rings. The number of carbonyl (C=O) groups is 2. The number of unbranched alkanes of at least 4 members (excludes halogenated alkanes) is 27. The Hall–Kier alpha value is -1.10. The molecule has 1 N–H and O–H groups in total. The van der Waals surface area contributed by atoms with Crippen molar-refractivity contribution in [2.45, 2.75) is 245 Å². The molecule has 0 saturated carbocycles. The first kappa shape index (κ1) is 45.9. The molecule has 47 heavy (non-hydrogen) atoms. The summed E-state index contributed by atoms with van der Waals surface area (Å²) in [4.78, 5) is 24.9. The highest BCUT2D eigenvalue weighted by Crippen LogP contribution is 2.32. The molecule has 0 saturated heterocycles. The summed E-state index contributed by atoms with van der Waals surface area (Å²) in [6.45, 7) is 8.70. The Balaban J connectivity index is 5.21. The van der Waals surface area contributed by atoms with E-state index in [1.54, 1.807) is 0 Å². The number of rotatable bonds is 37. The Morgan fingerprint density at radius 2 is 0.702 bits per heavy atom. The van der Waals surface area contributed by atoms with Crippen LogP contribution in [0.25, 0.3) is 0 Å². The van der Waals surface area contributed by atoms with Crippen LogP contribution in [0.4, 0.5) is 0 Å². The summed E-state index contributed by atoms with van der Waals surface area (Å²) in [5.41, 5.74) is 0.323. The Labute approximate surface area is 295 Å². The Kier molecular flexibility index (Phi) is 33.9. The van der Waals surface area contributed by atoms with E-state index in [1.807, 2.05) is 6.92 Å². The summed E-state index contributed by atoms with van der Waals surface area (Å²) in [7, 11) is -2.34. The van der Waals surface area contributed by atoms with Gasteiger partial charge in [-0.3, -0.25) is 0 Å².